The molecule has 1 aliphatic heterocycles. The third-order valence-electron chi connectivity index (χ3n) is 5.35. The molecule has 0 aromatic carbocycles. The van der Waals surface area contributed by atoms with Crippen LogP contribution in [-0.2, 0) is 0 Å². The van der Waals surface area contributed by atoms with Gasteiger partial charge in [-0.15, -0.1) is 0 Å². The number of piperidine rings is 1. The van der Waals surface area contributed by atoms with Gasteiger partial charge in [0, 0.05) is 31.7 Å². The third kappa shape index (κ3) is 2.45. The van der Waals surface area contributed by atoms with Crippen molar-refractivity contribution in [1.82, 2.24) is 24.6 Å². The Morgan fingerprint density at radius 2 is 1.93 bits per heavy atom. The molecule has 2 unspecified atom stereocenters. The average molecular weight is 378 g/mol. The maximum absolute atomic E-state index is 12.9. The third-order valence-corrected chi connectivity index (χ3v) is 5.35. The highest BCUT2D eigenvalue weighted by molar-refractivity contribution is 5.74. The summed E-state index contributed by atoms with van der Waals surface area (Å²) in [6.45, 7) is 0.561. The quantitative estimate of drug-likeness (QED) is 0.694. The molecule has 3 aromatic heterocycles. The number of nitrogens with zero attached hydrogens (tertiary/aromatic N) is 4. The van der Waals surface area contributed by atoms with Gasteiger partial charge in [0.15, 0.2) is 5.65 Å². The predicted molar refractivity (Wildman–Crippen MR) is 88.4 cm³/mol. The van der Waals surface area contributed by atoms with E-state index in [1.165, 1.54) is 16.9 Å². The SMILES string of the molecule is O=c1[nH]cc(-c2cc(N3CC4C(C3)C4C(F)(F)F)c3nccn3n2)c(=O)[nH]1. The van der Waals surface area contributed by atoms with Gasteiger partial charge in [-0.25, -0.2) is 14.3 Å². The van der Waals surface area contributed by atoms with Gasteiger partial charge in [0.25, 0.3) is 5.56 Å². The van der Waals surface area contributed by atoms with Gasteiger partial charge in [-0.05, 0) is 17.9 Å². The second-order valence-corrected chi connectivity index (χ2v) is 6.90. The standard InChI is InChI=1S/C16H13F3N6O2/c17-16(18,19)12-8-5-24(6-9(8)12)11-3-10(23-25-2-1-20-13(11)25)7-4-21-15(27)22-14(7)26/h1-4,8-9,12H,5-6H2,(H2,21,22,26,27). The van der Waals surface area contributed by atoms with E-state index in [9.17, 15) is 22.8 Å². The Labute approximate surface area is 148 Å². The molecule has 2 aliphatic rings. The maximum atomic E-state index is 12.9. The molecule has 140 valence electrons. The van der Waals surface area contributed by atoms with Gasteiger partial charge in [0.05, 0.1) is 17.2 Å². The molecule has 1 saturated heterocycles. The van der Waals surface area contributed by atoms with Crippen molar-refractivity contribution in [3.63, 3.8) is 0 Å². The number of H-pyrrole nitrogens is 2. The number of aromatic nitrogens is 5. The summed E-state index contributed by atoms with van der Waals surface area (Å²) < 4.78 is 40.3. The van der Waals surface area contributed by atoms with Crippen molar-refractivity contribution in [3.05, 3.63) is 45.5 Å². The van der Waals surface area contributed by atoms with Crippen LogP contribution < -0.4 is 16.1 Å². The van der Waals surface area contributed by atoms with Crippen molar-refractivity contribution in [3.8, 4) is 11.3 Å². The lowest BCUT2D eigenvalue weighted by atomic mass is 10.2. The molecule has 0 spiro atoms. The lowest BCUT2D eigenvalue weighted by Crippen LogP contribution is -2.29. The molecule has 1 saturated carbocycles. The zero-order chi connectivity index (χ0) is 18.9. The summed E-state index contributed by atoms with van der Waals surface area (Å²) in [5.74, 6) is -2.05. The molecular weight excluding hydrogens is 365 g/mol. The summed E-state index contributed by atoms with van der Waals surface area (Å²) in [7, 11) is 0. The minimum atomic E-state index is -4.16. The summed E-state index contributed by atoms with van der Waals surface area (Å²) in [6.07, 6.45) is 0.230. The maximum Gasteiger partial charge on any atom is 0.392 e. The first-order valence-corrected chi connectivity index (χ1v) is 8.31. The Hall–Kier alpha value is -3.11. The van der Waals surface area contributed by atoms with E-state index in [4.69, 9.17) is 0 Å². The Morgan fingerprint density at radius 3 is 2.59 bits per heavy atom. The average Bonchev–Trinajstić information content (AvgIpc) is 2.95. The monoisotopic (exact) mass is 378 g/mol. The molecule has 3 aromatic rings. The van der Waals surface area contributed by atoms with E-state index in [2.05, 4.69) is 20.1 Å². The zero-order valence-electron chi connectivity index (χ0n) is 13.7. The van der Waals surface area contributed by atoms with Crippen LogP contribution in [0.2, 0.25) is 0 Å². The summed E-state index contributed by atoms with van der Waals surface area (Å²) in [6, 6.07) is 1.62. The molecule has 2 fully saturated rings. The minimum absolute atomic E-state index is 0.156. The number of rotatable bonds is 2. The fourth-order valence-corrected chi connectivity index (χ4v) is 4.07. The van der Waals surface area contributed by atoms with E-state index in [-0.39, 0.29) is 18.7 Å². The molecule has 0 radical (unpaired) electrons. The Bertz CT molecular complexity index is 1150. The Kier molecular flexibility index (Phi) is 3.10. The normalized spacial score (nSPS) is 24.4. The van der Waals surface area contributed by atoms with Crippen molar-refractivity contribution in [2.75, 3.05) is 18.0 Å². The number of hydrogen-bond donors (Lipinski definition) is 2. The highest BCUT2D eigenvalue weighted by Gasteiger charge is 2.67. The van der Waals surface area contributed by atoms with Crippen molar-refractivity contribution in [1.29, 1.82) is 0 Å². The number of aromatic amines is 2. The number of nitrogens with one attached hydrogen (secondary N) is 2. The van der Waals surface area contributed by atoms with E-state index >= 15 is 0 Å². The van der Waals surface area contributed by atoms with E-state index in [0.717, 1.165) is 0 Å². The van der Waals surface area contributed by atoms with Gasteiger partial charge in [-0.2, -0.15) is 18.3 Å². The first kappa shape index (κ1) is 16.1. The molecular formula is C16H13F3N6O2. The van der Waals surface area contributed by atoms with Crippen LogP contribution in [0.25, 0.3) is 16.9 Å². The van der Waals surface area contributed by atoms with E-state index in [1.54, 1.807) is 12.3 Å². The van der Waals surface area contributed by atoms with Crippen LogP contribution in [0.15, 0.2) is 34.2 Å². The number of imidazole rings is 1. The zero-order valence-corrected chi connectivity index (χ0v) is 13.7. The number of halogens is 3. The summed E-state index contributed by atoms with van der Waals surface area (Å²) in [5.41, 5.74) is 0.335. The molecule has 2 atom stereocenters. The van der Waals surface area contributed by atoms with Gasteiger partial charge in [0.2, 0.25) is 0 Å². The van der Waals surface area contributed by atoms with Gasteiger partial charge in [0.1, 0.15) is 5.69 Å². The fourth-order valence-electron chi connectivity index (χ4n) is 4.07. The van der Waals surface area contributed by atoms with Gasteiger partial charge < -0.3 is 9.88 Å². The molecule has 0 amide bonds. The highest BCUT2D eigenvalue weighted by Crippen LogP contribution is 2.59. The Morgan fingerprint density at radius 1 is 1.19 bits per heavy atom. The topological polar surface area (TPSA) is 99.2 Å². The van der Waals surface area contributed by atoms with Crippen molar-refractivity contribution < 1.29 is 13.2 Å². The summed E-state index contributed by atoms with van der Waals surface area (Å²) in [5, 5.41) is 4.32. The van der Waals surface area contributed by atoms with Crippen LogP contribution in [0.1, 0.15) is 0 Å². The molecule has 11 heteroatoms. The molecule has 0 bridgehead atoms. The molecule has 2 N–H and O–H groups in total. The van der Waals surface area contributed by atoms with Gasteiger partial charge in [-0.3, -0.25) is 9.78 Å². The minimum Gasteiger partial charge on any atom is -0.368 e. The van der Waals surface area contributed by atoms with Crippen molar-refractivity contribution in [2.45, 2.75) is 6.18 Å². The number of fused-ring (bicyclic) bond motifs is 2. The van der Waals surface area contributed by atoms with E-state index < -0.39 is 35.2 Å². The second-order valence-electron chi connectivity index (χ2n) is 6.90. The van der Waals surface area contributed by atoms with Crippen LogP contribution in [0.5, 0.6) is 0 Å². The highest BCUT2D eigenvalue weighted by atomic mass is 19.4. The van der Waals surface area contributed by atoms with Crippen LogP contribution in [-0.4, -0.2) is 43.8 Å². The van der Waals surface area contributed by atoms with Crippen LogP contribution in [0.4, 0.5) is 18.9 Å². The molecule has 5 rings (SSSR count). The first-order chi connectivity index (χ1) is 12.8. The van der Waals surface area contributed by atoms with Crippen LogP contribution in [0, 0.1) is 17.8 Å². The fraction of sp³-hybridized carbons (Fsp3) is 0.375. The van der Waals surface area contributed by atoms with E-state index in [0.29, 0.717) is 17.0 Å². The molecule has 8 nitrogen and oxygen atoms in total. The van der Waals surface area contributed by atoms with Gasteiger partial charge in [-0.1, -0.05) is 0 Å². The lowest BCUT2D eigenvalue weighted by Gasteiger charge is -2.23. The number of alkyl halides is 3. The summed E-state index contributed by atoms with van der Waals surface area (Å²) >= 11 is 0. The van der Waals surface area contributed by atoms with E-state index in [1.807, 2.05) is 4.90 Å². The lowest BCUT2D eigenvalue weighted by molar-refractivity contribution is -0.154. The van der Waals surface area contributed by atoms with Gasteiger partial charge >= 0.3 is 11.9 Å². The predicted octanol–water partition coefficient (Wildman–Crippen LogP) is 1.02. The smallest absolute Gasteiger partial charge is 0.368 e. The largest absolute Gasteiger partial charge is 0.392 e. The molecule has 27 heavy (non-hydrogen) atoms. The Balaban J connectivity index is 1.55. The number of anilines is 1. The molecule has 4 heterocycles. The molecule has 1 aliphatic carbocycles. The first-order valence-electron chi connectivity index (χ1n) is 8.31. The second kappa shape index (κ2) is 5.21. The van der Waals surface area contributed by atoms with Crippen molar-refractivity contribution in [2.24, 2.45) is 17.8 Å². The number of hydrogen-bond acceptors (Lipinski definition) is 5. The van der Waals surface area contributed by atoms with Crippen LogP contribution >= 0.6 is 0 Å². The van der Waals surface area contributed by atoms with Crippen molar-refractivity contribution >= 4 is 11.3 Å². The summed E-state index contributed by atoms with van der Waals surface area (Å²) in [4.78, 5) is 33.9. The van der Waals surface area contributed by atoms with Crippen LogP contribution in [0.3, 0.4) is 0 Å².